The van der Waals surface area contributed by atoms with E-state index in [1.165, 1.54) is 0 Å². The van der Waals surface area contributed by atoms with Crippen LogP contribution in [0, 0.1) is 5.41 Å². The third-order valence-corrected chi connectivity index (χ3v) is 2.28. The highest BCUT2D eigenvalue weighted by molar-refractivity contribution is 5.87. The lowest BCUT2D eigenvalue weighted by atomic mass is 9.72. The van der Waals surface area contributed by atoms with Crippen LogP contribution in [0.15, 0.2) is 0 Å². The maximum atomic E-state index is 10.8. The van der Waals surface area contributed by atoms with E-state index in [-0.39, 0.29) is 11.3 Å². The van der Waals surface area contributed by atoms with E-state index in [1.54, 1.807) is 0 Å². The molecule has 3 rings (SSSR count). The summed E-state index contributed by atoms with van der Waals surface area (Å²) in [5.74, 6) is 0.266. The van der Waals surface area contributed by atoms with Gasteiger partial charge < -0.3 is 5.32 Å². The van der Waals surface area contributed by atoms with Crippen LogP contribution in [0.25, 0.3) is 0 Å². The molecule has 2 heteroatoms. The van der Waals surface area contributed by atoms with Crippen LogP contribution >= 0.6 is 0 Å². The number of hydrogen-bond donors (Lipinski definition) is 1. The minimum atomic E-state index is 0.0463. The molecule has 0 unspecified atom stereocenters. The highest BCUT2D eigenvalue weighted by Gasteiger charge is 2.53. The summed E-state index contributed by atoms with van der Waals surface area (Å²) in [6.07, 6.45) is 2.15. The molecule has 0 atom stereocenters. The number of rotatable bonds is 0. The minimum absolute atomic E-state index is 0.0463. The Labute approximate surface area is 48.3 Å². The van der Waals surface area contributed by atoms with Crippen LogP contribution in [-0.2, 0) is 4.79 Å². The van der Waals surface area contributed by atoms with Gasteiger partial charge in [0, 0.05) is 6.04 Å². The zero-order valence-electron chi connectivity index (χ0n) is 4.90. The summed E-state index contributed by atoms with van der Waals surface area (Å²) in [7, 11) is 0. The van der Waals surface area contributed by atoms with Gasteiger partial charge in [-0.05, 0) is 12.8 Å². The van der Waals surface area contributed by atoms with Crippen molar-refractivity contribution < 1.29 is 4.79 Å². The van der Waals surface area contributed by atoms with Crippen molar-refractivity contribution >= 4 is 5.91 Å². The molecular formula is C6H9NO. The molecule has 1 amide bonds. The SMILES string of the molecule is CC12CC(C1)NC2=O. The summed E-state index contributed by atoms with van der Waals surface area (Å²) >= 11 is 0. The van der Waals surface area contributed by atoms with Crippen LogP contribution in [0.5, 0.6) is 0 Å². The van der Waals surface area contributed by atoms with E-state index in [2.05, 4.69) is 5.32 Å². The Bertz CT molecular complexity index is 147. The number of carbonyl (C=O) groups excluding carboxylic acids is 1. The predicted octanol–water partition coefficient (Wildman–Crippen LogP) is 0.285. The molecule has 0 aromatic heterocycles. The Morgan fingerprint density at radius 3 is 2.50 bits per heavy atom. The molecule has 2 saturated heterocycles. The first-order valence-electron chi connectivity index (χ1n) is 3.02. The number of nitrogens with one attached hydrogen (secondary N) is 1. The molecule has 2 aliphatic heterocycles. The lowest BCUT2D eigenvalue weighted by molar-refractivity contribution is -0.125. The number of amides is 1. The van der Waals surface area contributed by atoms with Crippen LogP contribution in [0.1, 0.15) is 19.8 Å². The molecular weight excluding hydrogens is 102 g/mol. The van der Waals surface area contributed by atoms with Crippen molar-refractivity contribution in [3.8, 4) is 0 Å². The van der Waals surface area contributed by atoms with Gasteiger partial charge in [0.05, 0.1) is 5.41 Å². The fourth-order valence-electron chi connectivity index (χ4n) is 1.67. The smallest absolute Gasteiger partial charge is 0.226 e. The Kier molecular flexibility index (Phi) is 0.504. The summed E-state index contributed by atoms with van der Waals surface area (Å²) in [6, 6.07) is 0.535. The lowest BCUT2D eigenvalue weighted by Gasteiger charge is -2.29. The summed E-state index contributed by atoms with van der Waals surface area (Å²) < 4.78 is 0. The molecule has 1 aliphatic carbocycles. The van der Waals surface area contributed by atoms with E-state index in [0.29, 0.717) is 6.04 Å². The van der Waals surface area contributed by atoms with Crippen molar-refractivity contribution in [1.82, 2.24) is 5.32 Å². The standard InChI is InChI=1S/C6H9NO/c1-6-2-4(3-6)7-5(6)8/h4H,2-3H2,1H3,(H,7,8). The van der Waals surface area contributed by atoms with Gasteiger partial charge in [-0.25, -0.2) is 0 Å². The molecule has 8 heavy (non-hydrogen) atoms. The molecule has 2 nitrogen and oxygen atoms in total. The molecule has 44 valence electrons. The highest BCUT2D eigenvalue weighted by Crippen LogP contribution is 2.46. The lowest BCUT2D eigenvalue weighted by Crippen LogP contribution is -2.31. The van der Waals surface area contributed by atoms with Gasteiger partial charge in [0.1, 0.15) is 0 Å². The van der Waals surface area contributed by atoms with Gasteiger partial charge in [-0.3, -0.25) is 4.79 Å². The first-order valence-corrected chi connectivity index (χ1v) is 3.02. The van der Waals surface area contributed by atoms with E-state index < -0.39 is 0 Å². The summed E-state index contributed by atoms with van der Waals surface area (Å²) in [4.78, 5) is 10.8. The van der Waals surface area contributed by atoms with Crippen LogP contribution < -0.4 is 5.32 Å². The third-order valence-electron chi connectivity index (χ3n) is 2.28. The van der Waals surface area contributed by atoms with E-state index in [4.69, 9.17) is 0 Å². The molecule has 2 heterocycles. The number of hydrogen-bond acceptors (Lipinski definition) is 1. The molecule has 3 fully saturated rings. The molecule has 0 spiro atoms. The maximum Gasteiger partial charge on any atom is 0.226 e. The van der Waals surface area contributed by atoms with Crippen LogP contribution in [0.2, 0.25) is 0 Å². The second-order valence-electron chi connectivity index (χ2n) is 3.14. The van der Waals surface area contributed by atoms with Crippen molar-refractivity contribution in [2.45, 2.75) is 25.8 Å². The monoisotopic (exact) mass is 111 g/mol. The molecule has 0 aromatic carbocycles. The van der Waals surface area contributed by atoms with Gasteiger partial charge in [-0.15, -0.1) is 0 Å². The minimum Gasteiger partial charge on any atom is -0.353 e. The third kappa shape index (κ3) is 0.288. The van der Waals surface area contributed by atoms with Crippen molar-refractivity contribution in [2.24, 2.45) is 5.41 Å². The van der Waals surface area contributed by atoms with Gasteiger partial charge in [0.2, 0.25) is 5.91 Å². The second-order valence-corrected chi connectivity index (χ2v) is 3.14. The molecule has 2 bridgehead atoms. The van der Waals surface area contributed by atoms with Gasteiger partial charge in [-0.2, -0.15) is 0 Å². The van der Waals surface area contributed by atoms with Gasteiger partial charge in [-0.1, -0.05) is 6.92 Å². The largest absolute Gasteiger partial charge is 0.353 e. The Hall–Kier alpha value is -0.530. The molecule has 0 radical (unpaired) electrons. The average Bonchev–Trinajstić information content (AvgIpc) is 1.90. The van der Waals surface area contributed by atoms with Crippen LogP contribution in [0.4, 0.5) is 0 Å². The number of fused-ring (bicyclic) bond motifs is 1. The van der Waals surface area contributed by atoms with Crippen LogP contribution in [-0.4, -0.2) is 11.9 Å². The maximum absolute atomic E-state index is 10.8. The zero-order valence-corrected chi connectivity index (χ0v) is 4.90. The van der Waals surface area contributed by atoms with Gasteiger partial charge >= 0.3 is 0 Å². The summed E-state index contributed by atoms with van der Waals surface area (Å²) in [5.41, 5.74) is 0.0463. The van der Waals surface area contributed by atoms with Crippen molar-refractivity contribution in [3.05, 3.63) is 0 Å². The summed E-state index contributed by atoms with van der Waals surface area (Å²) in [6.45, 7) is 2.03. The van der Waals surface area contributed by atoms with Crippen molar-refractivity contribution in [2.75, 3.05) is 0 Å². The molecule has 1 saturated carbocycles. The first-order chi connectivity index (χ1) is 3.71. The van der Waals surface area contributed by atoms with Crippen molar-refractivity contribution in [3.63, 3.8) is 0 Å². The second kappa shape index (κ2) is 0.925. The van der Waals surface area contributed by atoms with Crippen LogP contribution in [0.3, 0.4) is 0 Å². The van der Waals surface area contributed by atoms with E-state index in [0.717, 1.165) is 12.8 Å². The predicted molar refractivity (Wildman–Crippen MR) is 29.3 cm³/mol. The normalized spacial score (nSPS) is 50.6. The van der Waals surface area contributed by atoms with E-state index in [1.807, 2.05) is 6.92 Å². The zero-order chi connectivity index (χ0) is 5.78. The number of carbonyl (C=O) groups is 1. The molecule has 3 aliphatic rings. The van der Waals surface area contributed by atoms with Gasteiger partial charge in [0.15, 0.2) is 0 Å². The molecule has 0 aromatic rings. The first kappa shape index (κ1) is 4.36. The fraction of sp³-hybridized carbons (Fsp3) is 0.833. The fourth-order valence-corrected chi connectivity index (χ4v) is 1.67. The molecule has 1 N–H and O–H groups in total. The van der Waals surface area contributed by atoms with E-state index in [9.17, 15) is 4.79 Å². The topological polar surface area (TPSA) is 29.1 Å². The highest BCUT2D eigenvalue weighted by atomic mass is 16.2. The average molecular weight is 111 g/mol. The Morgan fingerprint density at radius 1 is 1.75 bits per heavy atom. The Balaban J connectivity index is 2.33. The summed E-state index contributed by atoms with van der Waals surface area (Å²) in [5, 5.41) is 2.89. The van der Waals surface area contributed by atoms with Crippen molar-refractivity contribution in [1.29, 1.82) is 0 Å². The van der Waals surface area contributed by atoms with E-state index >= 15 is 0 Å². The van der Waals surface area contributed by atoms with Gasteiger partial charge in [0.25, 0.3) is 0 Å². The Morgan fingerprint density at radius 2 is 2.38 bits per heavy atom. The quantitative estimate of drug-likeness (QED) is 0.478.